The summed E-state index contributed by atoms with van der Waals surface area (Å²) in [5.74, 6) is 0.601. The van der Waals surface area contributed by atoms with Gasteiger partial charge in [0.05, 0.1) is 23.0 Å². The third kappa shape index (κ3) is 5.78. The number of amides is 2. The number of methoxy groups -OCH3 is 1. The molecule has 0 spiro atoms. The van der Waals surface area contributed by atoms with Crippen molar-refractivity contribution in [2.45, 2.75) is 17.3 Å². The van der Waals surface area contributed by atoms with Crippen LogP contribution in [0.2, 0.25) is 0 Å². The van der Waals surface area contributed by atoms with E-state index in [0.29, 0.717) is 26.7 Å². The third-order valence-corrected chi connectivity index (χ3v) is 7.40. The maximum atomic E-state index is 12.4. The average Bonchev–Trinajstić information content (AvgIpc) is 3.37. The Bertz CT molecular complexity index is 1350. The largest absolute Gasteiger partial charge is 0.495 e. The molecule has 0 saturated heterocycles. The van der Waals surface area contributed by atoms with Gasteiger partial charge in [0.15, 0.2) is 4.34 Å². The molecule has 0 aliphatic heterocycles. The second-order valence-corrected chi connectivity index (χ2v) is 10.0. The van der Waals surface area contributed by atoms with Gasteiger partial charge in [-0.1, -0.05) is 58.7 Å². The summed E-state index contributed by atoms with van der Waals surface area (Å²) >= 11 is 3.69. The Kier molecular flexibility index (Phi) is 7.37. The lowest BCUT2D eigenvalue weighted by Crippen LogP contribution is -2.24. The fourth-order valence-electron chi connectivity index (χ4n) is 2.98. The Balaban J connectivity index is 1.26. The number of fused-ring (bicyclic) bond motifs is 1. The third-order valence-electron chi connectivity index (χ3n) is 4.46. The Morgan fingerprint density at radius 1 is 1.03 bits per heavy atom. The molecule has 12 heteroatoms. The minimum Gasteiger partial charge on any atom is -0.495 e. The minimum atomic E-state index is -0.357. The summed E-state index contributed by atoms with van der Waals surface area (Å²) < 4.78 is 8.13. The molecule has 4 aromatic rings. The second kappa shape index (κ2) is 10.6. The lowest BCUT2D eigenvalue weighted by atomic mass is 10.3. The van der Waals surface area contributed by atoms with Gasteiger partial charge in [0.1, 0.15) is 12.3 Å². The van der Waals surface area contributed by atoms with Gasteiger partial charge in [-0.3, -0.25) is 24.3 Å². The van der Waals surface area contributed by atoms with Gasteiger partial charge in [0.25, 0.3) is 0 Å². The summed E-state index contributed by atoms with van der Waals surface area (Å²) in [5, 5.41) is 13.9. The molecule has 0 unspecified atom stereocenters. The van der Waals surface area contributed by atoms with Crippen LogP contribution in [-0.4, -0.2) is 39.4 Å². The van der Waals surface area contributed by atoms with Crippen LogP contribution in [0.25, 0.3) is 10.2 Å². The molecule has 2 aromatic heterocycles. The number of nitrogens with zero attached hydrogens (tertiary/aromatic N) is 3. The number of para-hydroxylation sites is 3. The first-order valence-electron chi connectivity index (χ1n) is 9.81. The zero-order valence-electron chi connectivity index (χ0n) is 17.4. The lowest BCUT2D eigenvalue weighted by molar-refractivity contribution is -0.117. The standard InChI is InChI=1S/C21H19N5O4S3/c1-30-15-8-4-2-6-13(15)22-17(27)10-11-31-20-25-24-19(33-20)23-18(28)12-26-14-7-3-5-9-16(14)32-21(26)29/h2-9H,10-12H2,1H3,(H,22,27)(H,23,24,28). The summed E-state index contributed by atoms with van der Waals surface area (Å²) in [5.41, 5.74) is 1.34. The van der Waals surface area contributed by atoms with Crippen molar-refractivity contribution in [3.05, 3.63) is 58.2 Å². The predicted octanol–water partition coefficient (Wildman–Crippen LogP) is 3.68. The Labute approximate surface area is 200 Å². The van der Waals surface area contributed by atoms with Crippen molar-refractivity contribution >= 4 is 67.3 Å². The van der Waals surface area contributed by atoms with Gasteiger partial charge in [0, 0.05) is 12.2 Å². The maximum Gasteiger partial charge on any atom is 0.308 e. The molecule has 33 heavy (non-hydrogen) atoms. The van der Waals surface area contributed by atoms with Crippen molar-refractivity contribution in [3.8, 4) is 5.75 Å². The van der Waals surface area contributed by atoms with Crippen LogP contribution in [0.5, 0.6) is 5.75 Å². The van der Waals surface area contributed by atoms with Crippen LogP contribution in [0.1, 0.15) is 6.42 Å². The first kappa shape index (κ1) is 23.0. The molecule has 2 aromatic carbocycles. The Morgan fingerprint density at radius 2 is 1.82 bits per heavy atom. The second-order valence-electron chi connectivity index (χ2n) is 6.69. The number of thiazole rings is 1. The van der Waals surface area contributed by atoms with E-state index in [1.807, 2.05) is 36.4 Å². The molecule has 170 valence electrons. The highest BCUT2D eigenvalue weighted by Crippen LogP contribution is 2.27. The van der Waals surface area contributed by atoms with Crippen LogP contribution in [0, 0.1) is 0 Å². The molecule has 0 saturated carbocycles. The Hall–Kier alpha value is -3.22. The van der Waals surface area contributed by atoms with Gasteiger partial charge in [-0.15, -0.1) is 10.2 Å². The van der Waals surface area contributed by atoms with E-state index in [1.54, 1.807) is 19.2 Å². The van der Waals surface area contributed by atoms with E-state index in [1.165, 1.54) is 27.7 Å². The monoisotopic (exact) mass is 501 g/mol. The quantitative estimate of drug-likeness (QED) is 0.265. The number of thioether (sulfide) groups is 1. The maximum absolute atomic E-state index is 12.4. The zero-order valence-corrected chi connectivity index (χ0v) is 19.9. The number of carbonyl (C=O) groups excluding carboxylic acids is 2. The average molecular weight is 502 g/mol. The highest BCUT2D eigenvalue weighted by Gasteiger charge is 2.14. The molecule has 2 N–H and O–H groups in total. The fourth-order valence-corrected chi connectivity index (χ4v) is 5.64. The number of hydrogen-bond acceptors (Lipinski definition) is 9. The van der Waals surface area contributed by atoms with Crippen LogP contribution >= 0.6 is 34.4 Å². The van der Waals surface area contributed by atoms with Crippen molar-refractivity contribution in [1.82, 2.24) is 14.8 Å². The topological polar surface area (TPSA) is 115 Å². The molecule has 0 aliphatic carbocycles. The predicted molar refractivity (Wildman–Crippen MR) is 132 cm³/mol. The molecule has 0 radical (unpaired) electrons. The molecule has 0 bridgehead atoms. The van der Waals surface area contributed by atoms with Crippen LogP contribution < -0.4 is 20.2 Å². The van der Waals surface area contributed by atoms with Crippen molar-refractivity contribution < 1.29 is 14.3 Å². The molecule has 4 rings (SSSR count). The number of benzene rings is 2. The van der Waals surface area contributed by atoms with Gasteiger partial charge in [-0.05, 0) is 24.3 Å². The SMILES string of the molecule is COc1ccccc1NC(=O)CCSc1nnc(NC(=O)Cn2c(=O)sc3ccccc32)s1. The molecular formula is C21H19N5O4S3. The molecule has 0 aliphatic rings. The highest BCUT2D eigenvalue weighted by molar-refractivity contribution is 8.01. The number of nitrogens with one attached hydrogen (secondary N) is 2. The summed E-state index contributed by atoms with van der Waals surface area (Å²) in [6.45, 7) is -0.103. The first-order chi connectivity index (χ1) is 16.0. The summed E-state index contributed by atoms with van der Waals surface area (Å²) in [4.78, 5) is 36.6. The molecule has 0 fully saturated rings. The number of hydrogen-bond donors (Lipinski definition) is 2. The molecule has 0 atom stereocenters. The van der Waals surface area contributed by atoms with Crippen LogP contribution in [0.4, 0.5) is 10.8 Å². The van der Waals surface area contributed by atoms with E-state index in [2.05, 4.69) is 20.8 Å². The van der Waals surface area contributed by atoms with E-state index >= 15 is 0 Å². The van der Waals surface area contributed by atoms with Crippen LogP contribution in [-0.2, 0) is 16.1 Å². The van der Waals surface area contributed by atoms with Gasteiger partial charge in [-0.2, -0.15) is 0 Å². The van der Waals surface area contributed by atoms with Gasteiger partial charge in [-0.25, -0.2) is 0 Å². The molecule has 2 heterocycles. The van der Waals surface area contributed by atoms with Crippen molar-refractivity contribution in [1.29, 1.82) is 0 Å². The smallest absolute Gasteiger partial charge is 0.308 e. The minimum absolute atomic E-state index is 0.103. The summed E-state index contributed by atoms with van der Waals surface area (Å²) in [7, 11) is 1.55. The van der Waals surface area contributed by atoms with E-state index in [0.717, 1.165) is 21.6 Å². The number of rotatable bonds is 9. The van der Waals surface area contributed by atoms with Gasteiger partial charge >= 0.3 is 4.87 Å². The molecular weight excluding hydrogens is 482 g/mol. The lowest BCUT2D eigenvalue weighted by Gasteiger charge is -2.09. The zero-order chi connectivity index (χ0) is 23.2. The molecule has 2 amide bonds. The summed E-state index contributed by atoms with van der Waals surface area (Å²) in [6, 6.07) is 14.5. The van der Waals surface area contributed by atoms with Crippen LogP contribution in [0.3, 0.4) is 0 Å². The Morgan fingerprint density at radius 3 is 2.67 bits per heavy atom. The van der Waals surface area contributed by atoms with Crippen molar-refractivity contribution in [2.24, 2.45) is 0 Å². The van der Waals surface area contributed by atoms with E-state index < -0.39 is 0 Å². The first-order valence-corrected chi connectivity index (χ1v) is 12.4. The number of aromatic nitrogens is 3. The normalized spacial score (nSPS) is 10.8. The fraction of sp³-hybridized carbons (Fsp3) is 0.190. The van der Waals surface area contributed by atoms with E-state index in [4.69, 9.17) is 4.74 Å². The molecule has 9 nitrogen and oxygen atoms in total. The van der Waals surface area contributed by atoms with Crippen molar-refractivity contribution in [2.75, 3.05) is 23.5 Å². The number of ether oxygens (including phenoxy) is 1. The van der Waals surface area contributed by atoms with E-state index in [-0.39, 0.29) is 29.7 Å². The number of carbonyl (C=O) groups is 2. The van der Waals surface area contributed by atoms with Crippen LogP contribution in [0.15, 0.2) is 57.7 Å². The summed E-state index contributed by atoms with van der Waals surface area (Å²) in [6.07, 6.45) is 0.276. The number of anilines is 2. The van der Waals surface area contributed by atoms with E-state index in [9.17, 15) is 14.4 Å². The van der Waals surface area contributed by atoms with Crippen molar-refractivity contribution in [3.63, 3.8) is 0 Å². The van der Waals surface area contributed by atoms with Gasteiger partial charge in [0.2, 0.25) is 16.9 Å². The van der Waals surface area contributed by atoms with Gasteiger partial charge < -0.3 is 10.1 Å². The highest BCUT2D eigenvalue weighted by atomic mass is 32.2.